The van der Waals surface area contributed by atoms with Gasteiger partial charge < -0.3 is 5.32 Å². The molecule has 0 spiro atoms. The Balaban J connectivity index is 1.91. The number of pyridine rings is 1. The van der Waals surface area contributed by atoms with Gasteiger partial charge >= 0.3 is 0 Å². The van der Waals surface area contributed by atoms with Gasteiger partial charge in [-0.2, -0.15) is 5.10 Å². The fourth-order valence-electron chi connectivity index (χ4n) is 2.33. The van der Waals surface area contributed by atoms with E-state index in [1.54, 1.807) is 0 Å². The SMILES string of the molecule is CCC(CC)n1ccc(CN[C@H](C)c2ccccn2)n1. The van der Waals surface area contributed by atoms with E-state index in [0.717, 1.165) is 30.8 Å². The number of hydrogen-bond donors (Lipinski definition) is 1. The third-order valence-corrected chi connectivity index (χ3v) is 3.70. The summed E-state index contributed by atoms with van der Waals surface area (Å²) >= 11 is 0. The van der Waals surface area contributed by atoms with Gasteiger partial charge in [0.15, 0.2) is 0 Å². The number of nitrogens with zero attached hydrogens (tertiary/aromatic N) is 3. The van der Waals surface area contributed by atoms with Crippen LogP contribution in [0.1, 0.15) is 57.1 Å². The van der Waals surface area contributed by atoms with Crippen molar-refractivity contribution in [1.29, 1.82) is 0 Å². The Bertz CT molecular complexity index is 502. The molecule has 0 saturated heterocycles. The van der Waals surface area contributed by atoms with Crippen LogP contribution < -0.4 is 5.32 Å². The van der Waals surface area contributed by atoms with E-state index in [1.807, 2.05) is 24.4 Å². The molecule has 2 rings (SSSR count). The van der Waals surface area contributed by atoms with Crippen LogP contribution in [0, 0.1) is 0 Å². The summed E-state index contributed by atoms with van der Waals surface area (Å²) in [6, 6.07) is 8.83. The summed E-state index contributed by atoms with van der Waals surface area (Å²) in [4.78, 5) is 4.36. The molecule has 0 aromatic carbocycles. The van der Waals surface area contributed by atoms with E-state index in [4.69, 9.17) is 0 Å². The maximum Gasteiger partial charge on any atom is 0.0762 e. The van der Waals surface area contributed by atoms with Gasteiger partial charge in [0.2, 0.25) is 0 Å². The van der Waals surface area contributed by atoms with Gasteiger partial charge in [-0.3, -0.25) is 9.67 Å². The van der Waals surface area contributed by atoms with E-state index in [2.05, 4.69) is 53.1 Å². The van der Waals surface area contributed by atoms with Crippen LogP contribution in [0.15, 0.2) is 36.7 Å². The van der Waals surface area contributed by atoms with Gasteiger partial charge in [0.05, 0.1) is 17.4 Å². The van der Waals surface area contributed by atoms with Crippen molar-refractivity contribution in [2.24, 2.45) is 0 Å². The lowest BCUT2D eigenvalue weighted by Gasteiger charge is -2.13. The van der Waals surface area contributed by atoms with Crippen LogP contribution in [-0.2, 0) is 6.54 Å². The van der Waals surface area contributed by atoms with Crippen molar-refractivity contribution in [1.82, 2.24) is 20.1 Å². The molecule has 0 unspecified atom stereocenters. The molecule has 1 N–H and O–H groups in total. The molecule has 20 heavy (non-hydrogen) atoms. The standard InChI is InChI=1S/C16H24N4/c1-4-15(5-2)20-11-9-14(19-20)12-18-13(3)16-8-6-7-10-17-16/h6-11,13,15,18H,4-5,12H2,1-3H3/t13-/m1/s1. The van der Waals surface area contributed by atoms with Crippen molar-refractivity contribution in [2.45, 2.75) is 52.2 Å². The van der Waals surface area contributed by atoms with Crippen molar-refractivity contribution in [3.63, 3.8) is 0 Å². The molecule has 2 aromatic heterocycles. The van der Waals surface area contributed by atoms with Crippen molar-refractivity contribution >= 4 is 0 Å². The molecule has 4 heteroatoms. The summed E-state index contributed by atoms with van der Waals surface area (Å²) in [5.41, 5.74) is 2.15. The Hall–Kier alpha value is -1.68. The molecule has 1 atom stereocenters. The van der Waals surface area contributed by atoms with Crippen molar-refractivity contribution in [3.8, 4) is 0 Å². The Morgan fingerprint density at radius 2 is 2.00 bits per heavy atom. The number of rotatable bonds is 7. The van der Waals surface area contributed by atoms with Gasteiger partial charge in [-0.1, -0.05) is 19.9 Å². The summed E-state index contributed by atoms with van der Waals surface area (Å²) in [5, 5.41) is 8.12. The zero-order valence-electron chi connectivity index (χ0n) is 12.6. The molecule has 0 aliphatic rings. The predicted molar refractivity (Wildman–Crippen MR) is 81.3 cm³/mol. The van der Waals surface area contributed by atoms with E-state index in [1.165, 1.54) is 0 Å². The summed E-state index contributed by atoms with van der Waals surface area (Å²) in [6.07, 6.45) is 6.15. The Morgan fingerprint density at radius 3 is 2.65 bits per heavy atom. The first kappa shape index (κ1) is 14.7. The monoisotopic (exact) mass is 272 g/mol. The lowest BCUT2D eigenvalue weighted by atomic mass is 10.2. The largest absolute Gasteiger partial charge is 0.303 e. The van der Waals surface area contributed by atoms with Crippen molar-refractivity contribution in [2.75, 3.05) is 0 Å². The van der Waals surface area contributed by atoms with E-state index in [9.17, 15) is 0 Å². The molecule has 2 aromatic rings. The fourth-order valence-corrected chi connectivity index (χ4v) is 2.33. The van der Waals surface area contributed by atoms with Crippen LogP contribution in [0.4, 0.5) is 0 Å². The fraction of sp³-hybridized carbons (Fsp3) is 0.500. The van der Waals surface area contributed by atoms with Gasteiger partial charge in [-0.05, 0) is 38.0 Å². The van der Waals surface area contributed by atoms with Gasteiger partial charge in [-0.25, -0.2) is 0 Å². The first-order valence-electron chi connectivity index (χ1n) is 7.43. The molecular weight excluding hydrogens is 248 g/mol. The highest BCUT2D eigenvalue weighted by Crippen LogP contribution is 2.15. The highest BCUT2D eigenvalue weighted by molar-refractivity contribution is 5.08. The minimum Gasteiger partial charge on any atom is -0.303 e. The Kier molecular flexibility index (Phi) is 5.30. The van der Waals surface area contributed by atoms with Crippen molar-refractivity contribution < 1.29 is 0 Å². The van der Waals surface area contributed by atoms with Crippen LogP contribution in [0.5, 0.6) is 0 Å². The van der Waals surface area contributed by atoms with E-state index in [-0.39, 0.29) is 6.04 Å². The minimum atomic E-state index is 0.231. The Labute approximate surface area is 121 Å². The van der Waals surface area contributed by atoms with E-state index < -0.39 is 0 Å². The third kappa shape index (κ3) is 3.67. The first-order valence-corrected chi connectivity index (χ1v) is 7.43. The van der Waals surface area contributed by atoms with Crippen molar-refractivity contribution in [3.05, 3.63) is 48.0 Å². The lowest BCUT2D eigenvalue weighted by molar-refractivity contribution is 0.422. The molecule has 108 valence electrons. The van der Waals surface area contributed by atoms with Crippen LogP contribution in [0.2, 0.25) is 0 Å². The number of hydrogen-bond acceptors (Lipinski definition) is 3. The highest BCUT2D eigenvalue weighted by Gasteiger charge is 2.09. The average Bonchev–Trinajstić information content (AvgIpc) is 2.96. The third-order valence-electron chi connectivity index (χ3n) is 3.70. The predicted octanol–water partition coefficient (Wildman–Crippen LogP) is 3.49. The first-order chi connectivity index (χ1) is 9.74. The molecule has 0 saturated carbocycles. The second kappa shape index (κ2) is 7.20. The molecule has 0 fully saturated rings. The second-order valence-electron chi connectivity index (χ2n) is 5.11. The van der Waals surface area contributed by atoms with Gasteiger partial charge in [0, 0.05) is 25.0 Å². The maximum absolute atomic E-state index is 4.65. The topological polar surface area (TPSA) is 42.7 Å². The van der Waals surface area contributed by atoms with E-state index in [0.29, 0.717) is 6.04 Å². The summed E-state index contributed by atoms with van der Waals surface area (Å²) in [7, 11) is 0. The molecule has 4 nitrogen and oxygen atoms in total. The maximum atomic E-state index is 4.65. The number of nitrogens with one attached hydrogen (secondary N) is 1. The minimum absolute atomic E-state index is 0.231. The molecule has 0 bridgehead atoms. The zero-order chi connectivity index (χ0) is 14.4. The van der Waals surface area contributed by atoms with E-state index >= 15 is 0 Å². The summed E-state index contributed by atoms with van der Waals surface area (Å²) in [5.74, 6) is 0. The molecule has 0 aliphatic heterocycles. The molecule has 0 amide bonds. The molecule has 0 radical (unpaired) electrons. The smallest absolute Gasteiger partial charge is 0.0762 e. The van der Waals surface area contributed by atoms with Crippen LogP contribution in [0.3, 0.4) is 0 Å². The normalized spacial score (nSPS) is 12.8. The molecule has 2 heterocycles. The van der Waals surface area contributed by atoms with Gasteiger partial charge in [0.1, 0.15) is 0 Å². The molecule has 0 aliphatic carbocycles. The highest BCUT2D eigenvalue weighted by atomic mass is 15.3. The second-order valence-corrected chi connectivity index (χ2v) is 5.11. The zero-order valence-corrected chi connectivity index (χ0v) is 12.6. The summed E-state index contributed by atoms with van der Waals surface area (Å²) < 4.78 is 2.09. The van der Waals surface area contributed by atoms with Crippen LogP contribution in [0.25, 0.3) is 0 Å². The quantitative estimate of drug-likeness (QED) is 0.839. The van der Waals surface area contributed by atoms with Gasteiger partial charge in [0.25, 0.3) is 0 Å². The van der Waals surface area contributed by atoms with Gasteiger partial charge in [-0.15, -0.1) is 0 Å². The number of aromatic nitrogens is 3. The van der Waals surface area contributed by atoms with Crippen LogP contribution in [-0.4, -0.2) is 14.8 Å². The lowest BCUT2D eigenvalue weighted by Crippen LogP contribution is -2.19. The molecular formula is C16H24N4. The Morgan fingerprint density at radius 1 is 1.20 bits per heavy atom. The average molecular weight is 272 g/mol. The van der Waals surface area contributed by atoms with Crippen LogP contribution >= 0.6 is 0 Å². The summed E-state index contributed by atoms with van der Waals surface area (Å²) in [6.45, 7) is 7.30.